The minimum Gasteiger partial charge on any atom is -0.507 e. The zero-order chi connectivity index (χ0) is 39.8. The van der Waals surface area contributed by atoms with Gasteiger partial charge in [0.2, 0.25) is 5.78 Å². The minimum atomic E-state index is -2.32. The van der Waals surface area contributed by atoms with Crippen LogP contribution < -0.4 is 4.74 Å². The average molecular weight is 777 g/mol. The number of Topliss-reactive ketones (excluding diaryl/α,β-unsaturated/α-hetero) is 2. The predicted molar refractivity (Wildman–Crippen MR) is 187 cm³/mol. The first-order valence-corrected chi connectivity index (χ1v) is 18.3. The Morgan fingerprint density at radius 1 is 0.964 bits per heavy atom. The number of hydrogen-bond acceptors (Lipinski definition) is 16. The van der Waals surface area contributed by atoms with Gasteiger partial charge in [-0.25, -0.2) is 0 Å². The molecule has 3 N–H and O–H groups in total. The van der Waals surface area contributed by atoms with E-state index in [0.29, 0.717) is 13.2 Å². The molecule has 17 nitrogen and oxygen atoms in total. The van der Waals surface area contributed by atoms with Crippen LogP contribution >= 0.6 is 0 Å². The molecule has 4 heterocycles. The average Bonchev–Trinajstić information content (AvgIpc) is 3.72. The van der Waals surface area contributed by atoms with Gasteiger partial charge in [-0.3, -0.25) is 38.6 Å². The van der Waals surface area contributed by atoms with Gasteiger partial charge in [0.05, 0.1) is 49.2 Å². The Morgan fingerprint density at radius 3 is 2.41 bits per heavy atom. The summed E-state index contributed by atoms with van der Waals surface area (Å²) in [6.07, 6.45) is -4.25. The Hall–Kier alpha value is -4.88. The van der Waals surface area contributed by atoms with E-state index in [4.69, 9.17) is 28.4 Å². The molecule has 2 amide bonds. The Morgan fingerprint density at radius 2 is 1.70 bits per heavy atom. The number of hydrogen-bond donors (Lipinski definition) is 3. The molecule has 56 heavy (non-hydrogen) atoms. The van der Waals surface area contributed by atoms with Crippen molar-refractivity contribution in [3.8, 4) is 17.2 Å². The van der Waals surface area contributed by atoms with Gasteiger partial charge in [0.15, 0.2) is 36.2 Å². The second-order valence-corrected chi connectivity index (χ2v) is 14.8. The zero-order valence-corrected chi connectivity index (χ0v) is 30.7. The van der Waals surface area contributed by atoms with Crippen molar-refractivity contribution < 1.29 is 72.5 Å². The molecule has 4 aliphatic heterocycles. The van der Waals surface area contributed by atoms with E-state index < -0.39 is 126 Å². The molecule has 2 aromatic rings. The standard InChI is InChI=1S/C39H40N2O15/c1-17-36-21(40-11-12-53-38(52-3)37(40)56-36)13-27(54-17)55-23-15-39(50,24(43)8-7-18(42)16-41-25(44)9-10-26(41)45)14-20-29(23)35(49)31-30(33(20)47)32(46)19-5-4-6-22(51-2)28(19)34(31)48/h4-6,9-10,17,21,23,27,36-38,47,49-50H,7-8,11-16H2,1-3H3/t17-,21-,23-,27-,36+,37+,38-,39-/m0/s1. The molecule has 0 unspecified atom stereocenters. The maximum atomic E-state index is 14.1. The molecule has 2 aromatic carbocycles. The third kappa shape index (κ3) is 6.05. The fourth-order valence-electron chi connectivity index (χ4n) is 8.87. The lowest BCUT2D eigenvalue weighted by molar-refractivity contribution is -0.256. The summed E-state index contributed by atoms with van der Waals surface area (Å²) in [6.45, 7) is 2.15. The van der Waals surface area contributed by atoms with Gasteiger partial charge in [0, 0.05) is 80.6 Å². The molecule has 8 rings (SSSR count). The molecular weight excluding hydrogens is 736 g/mol. The second kappa shape index (κ2) is 14.3. The van der Waals surface area contributed by atoms with Gasteiger partial charge in [0.1, 0.15) is 29.0 Å². The first-order valence-electron chi connectivity index (χ1n) is 18.3. The summed E-state index contributed by atoms with van der Waals surface area (Å²) in [5, 5.41) is 35.9. The summed E-state index contributed by atoms with van der Waals surface area (Å²) in [5.74, 6) is -5.68. The number of fused-ring (bicyclic) bond motifs is 6. The van der Waals surface area contributed by atoms with E-state index in [0.717, 1.165) is 17.1 Å². The summed E-state index contributed by atoms with van der Waals surface area (Å²) in [7, 11) is 2.84. The fourth-order valence-corrected chi connectivity index (χ4v) is 8.87. The lowest BCUT2D eigenvalue weighted by Crippen LogP contribution is -2.55. The Labute approximate surface area is 319 Å². The topological polar surface area (TPSA) is 225 Å². The highest BCUT2D eigenvalue weighted by atomic mass is 16.7. The van der Waals surface area contributed by atoms with E-state index in [1.807, 2.05) is 0 Å². The number of morpholine rings is 1. The number of phenolic OH excluding ortho intramolecular Hbond substituents is 2. The summed E-state index contributed by atoms with van der Waals surface area (Å²) >= 11 is 0. The third-order valence-electron chi connectivity index (χ3n) is 11.6. The molecule has 8 atom stereocenters. The van der Waals surface area contributed by atoms with Gasteiger partial charge < -0.3 is 43.7 Å². The van der Waals surface area contributed by atoms with Crippen molar-refractivity contribution in [2.75, 3.05) is 33.9 Å². The SMILES string of the molecule is COc1cccc2c1C(=O)c1c(O)c3c(c(O)c1C2=O)C[C@@](O)(C(=O)CCC(=O)CN1C(=O)C=CC1=O)C[C@@H]3O[C@H]1C[C@H]2[C@H](O[C@@H]3[C@@H](OC)OCCN32)[C@H](C)O1. The largest absolute Gasteiger partial charge is 0.507 e. The molecule has 2 aliphatic carbocycles. The number of ether oxygens (including phenoxy) is 6. The van der Waals surface area contributed by atoms with Gasteiger partial charge in [0.25, 0.3) is 11.8 Å². The number of phenols is 2. The highest BCUT2D eigenvalue weighted by Gasteiger charge is 2.55. The van der Waals surface area contributed by atoms with E-state index in [2.05, 4.69) is 4.90 Å². The number of imide groups is 1. The molecule has 0 bridgehead atoms. The van der Waals surface area contributed by atoms with Crippen LogP contribution in [-0.4, -0.2) is 137 Å². The molecule has 3 fully saturated rings. The number of carbonyl (C=O) groups is 6. The van der Waals surface area contributed by atoms with E-state index in [1.54, 1.807) is 6.92 Å². The van der Waals surface area contributed by atoms with E-state index in [9.17, 15) is 44.1 Å². The molecule has 296 valence electrons. The molecule has 3 saturated heterocycles. The predicted octanol–water partition coefficient (Wildman–Crippen LogP) is 0.993. The van der Waals surface area contributed by atoms with Crippen LogP contribution in [0.1, 0.15) is 81.7 Å². The fraction of sp³-hybridized carbons (Fsp3) is 0.487. The van der Waals surface area contributed by atoms with Crippen LogP contribution in [-0.2, 0) is 49.3 Å². The third-order valence-corrected chi connectivity index (χ3v) is 11.6. The van der Waals surface area contributed by atoms with Crippen molar-refractivity contribution in [1.29, 1.82) is 0 Å². The number of aromatic hydroxyl groups is 2. The van der Waals surface area contributed by atoms with Crippen molar-refractivity contribution in [1.82, 2.24) is 9.80 Å². The number of aliphatic hydroxyl groups is 1. The highest BCUT2D eigenvalue weighted by molar-refractivity contribution is 6.31. The maximum Gasteiger partial charge on any atom is 0.254 e. The first kappa shape index (κ1) is 38.0. The van der Waals surface area contributed by atoms with Crippen LogP contribution in [0.3, 0.4) is 0 Å². The lowest BCUT2D eigenvalue weighted by Gasteiger charge is -2.43. The van der Waals surface area contributed by atoms with Crippen LogP contribution in [0.15, 0.2) is 30.4 Å². The van der Waals surface area contributed by atoms with Crippen molar-refractivity contribution >= 4 is 34.9 Å². The van der Waals surface area contributed by atoms with Crippen LogP contribution in [0.4, 0.5) is 0 Å². The van der Waals surface area contributed by atoms with Crippen LogP contribution in [0, 0.1) is 0 Å². The molecular formula is C39H40N2O15. The molecule has 6 aliphatic rings. The van der Waals surface area contributed by atoms with Gasteiger partial charge in [-0.05, 0) is 13.0 Å². The Bertz CT molecular complexity index is 2080. The van der Waals surface area contributed by atoms with E-state index in [-0.39, 0.29) is 46.6 Å². The quantitative estimate of drug-likeness (QED) is 0.193. The van der Waals surface area contributed by atoms with Gasteiger partial charge >= 0.3 is 0 Å². The van der Waals surface area contributed by atoms with E-state index in [1.165, 1.54) is 32.4 Å². The number of benzene rings is 2. The first-order chi connectivity index (χ1) is 26.8. The molecule has 0 radical (unpaired) electrons. The number of rotatable bonds is 10. The summed E-state index contributed by atoms with van der Waals surface area (Å²) in [6, 6.07) is 4.13. The second-order valence-electron chi connectivity index (χ2n) is 14.8. The van der Waals surface area contributed by atoms with E-state index >= 15 is 0 Å². The molecule has 0 aromatic heterocycles. The molecule has 0 spiro atoms. The van der Waals surface area contributed by atoms with Gasteiger partial charge in [-0.15, -0.1) is 0 Å². The number of carbonyl (C=O) groups excluding carboxylic acids is 6. The smallest absolute Gasteiger partial charge is 0.254 e. The highest BCUT2D eigenvalue weighted by Crippen LogP contribution is 2.53. The van der Waals surface area contributed by atoms with Crippen LogP contribution in [0.5, 0.6) is 17.2 Å². The van der Waals surface area contributed by atoms with Crippen molar-refractivity contribution in [2.24, 2.45) is 0 Å². The van der Waals surface area contributed by atoms with Crippen LogP contribution in [0.2, 0.25) is 0 Å². The molecule has 17 heteroatoms. The minimum absolute atomic E-state index is 0.0785. The summed E-state index contributed by atoms with van der Waals surface area (Å²) < 4.78 is 35.7. The monoisotopic (exact) mass is 776 g/mol. The molecule has 0 saturated carbocycles. The van der Waals surface area contributed by atoms with Crippen molar-refractivity contribution in [3.63, 3.8) is 0 Å². The van der Waals surface area contributed by atoms with Crippen molar-refractivity contribution in [2.45, 2.75) is 87.8 Å². The number of methoxy groups -OCH3 is 2. The normalized spacial score (nSPS) is 30.8. The summed E-state index contributed by atoms with van der Waals surface area (Å²) in [4.78, 5) is 81.6. The lowest BCUT2D eigenvalue weighted by atomic mass is 9.71. The van der Waals surface area contributed by atoms with Gasteiger partial charge in [-0.2, -0.15) is 0 Å². The van der Waals surface area contributed by atoms with Gasteiger partial charge in [-0.1, -0.05) is 12.1 Å². The Kier molecular flexibility index (Phi) is 9.67. The Balaban J connectivity index is 1.14. The maximum absolute atomic E-state index is 14.1. The van der Waals surface area contributed by atoms with Crippen LogP contribution in [0.25, 0.3) is 0 Å². The summed E-state index contributed by atoms with van der Waals surface area (Å²) in [5.41, 5.74) is -3.81. The number of nitrogens with zero attached hydrogens (tertiary/aromatic N) is 2. The number of amides is 2. The van der Waals surface area contributed by atoms with Crippen molar-refractivity contribution in [3.05, 3.63) is 63.7 Å². The zero-order valence-electron chi connectivity index (χ0n) is 30.7. The number of ketones is 4.